The van der Waals surface area contributed by atoms with E-state index in [9.17, 15) is 9.18 Å². The molecule has 0 fully saturated rings. The molecule has 0 saturated heterocycles. The minimum Gasteiger partial charge on any atom is -0.493 e. The van der Waals surface area contributed by atoms with Crippen LogP contribution >= 0.6 is 11.6 Å². The van der Waals surface area contributed by atoms with Crippen molar-refractivity contribution in [3.05, 3.63) is 52.8 Å². The molecular weight excluding hydrogens is 349 g/mol. The Morgan fingerprint density at radius 3 is 2.56 bits per heavy atom. The van der Waals surface area contributed by atoms with Gasteiger partial charge in [0.05, 0.1) is 19.2 Å². The second-order valence-corrected chi connectivity index (χ2v) is 5.56. The Morgan fingerprint density at radius 2 is 1.88 bits per heavy atom. The summed E-state index contributed by atoms with van der Waals surface area (Å²) in [7, 11) is 3.15. The number of nitrogens with one attached hydrogen (secondary N) is 1. The lowest BCUT2D eigenvalue weighted by molar-refractivity contribution is -0.123. The molecule has 0 unspecified atom stereocenters. The summed E-state index contributed by atoms with van der Waals surface area (Å²) in [6.45, 7) is 0.274. The van der Waals surface area contributed by atoms with Crippen molar-refractivity contribution in [3.8, 4) is 17.2 Å². The Labute approximate surface area is 150 Å². The van der Waals surface area contributed by atoms with Crippen molar-refractivity contribution < 1.29 is 23.4 Å². The number of carbonyl (C=O) groups is 1. The van der Waals surface area contributed by atoms with Crippen molar-refractivity contribution >= 4 is 17.5 Å². The van der Waals surface area contributed by atoms with Crippen molar-refractivity contribution in [2.45, 2.75) is 6.42 Å². The van der Waals surface area contributed by atoms with Crippen LogP contribution in [-0.4, -0.2) is 33.3 Å². The van der Waals surface area contributed by atoms with E-state index in [0.717, 1.165) is 5.56 Å². The number of hydrogen-bond acceptors (Lipinski definition) is 4. The first-order valence-corrected chi connectivity index (χ1v) is 7.96. The molecule has 0 aromatic heterocycles. The molecule has 7 heteroatoms. The summed E-state index contributed by atoms with van der Waals surface area (Å²) in [6.07, 6.45) is 0.633. The second kappa shape index (κ2) is 9.13. The minimum atomic E-state index is -0.534. The van der Waals surface area contributed by atoms with E-state index in [4.69, 9.17) is 25.8 Å². The molecule has 0 bridgehead atoms. The van der Waals surface area contributed by atoms with E-state index >= 15 is 0 Å². The van der Waals surface area contributed by atoms with Crippen LogP contribution in [0.5, 0.6) is 17.2 Å². The Hall–Kier alpha value is -2.47. The summed E-state index contributed by atoms with van der Waals surface area (Å²) in [6, 6.07) is 9.52. The third-order valence-corrected chi connectivity index (χ3v) is 3.73. The highest BCUT2D eigenvalue weighted by atomic mass is 35.5. The van der Waals surface area contributed by atoms with Crippen LogP contribution in [-0.2, 0) is 11.2 Å². The van der Waals surface area contributed by atoms with Crippen LogP contribution in [0.3, 0.4) is 0 Å². The Kier molecular flexibility index (Phi) is 6.89. The fraction of sp³-hybridized carbons (Fsp3) is 0.278. The van der Waals surface area contributed by atoms with Gasteiger partial charge in [-0.2, -0.15) is 0 Å². The molecule has 2 aromatic carbocycles. The topological polar surface area (TPSA) is 56.8 Å². The van der Waals surface area contributed by atoms with Crippen LogP contribution in [0, 0.1) is 5.82 Å². The predicted molar refractivity (Wildman–Crippen MR) is 93.2 cm³/mol. The van der Waals surface area contributed by atoms with Crippen LogP contribution in [0.4, 0.5) is 4.39 Å². The van der Waals surface area contributed by atoms with Crippen molar-refractivity contribution in [1.82, 2.24) is 5.32 Å². The molecule has 0 radical (unpaired) electrons. The Morgan fingerprint density at radius 1 is 1.12 bits per heavy atom. The lowest BCUT2D eigenvalue weighted by Gasteiger charge is -2.10. The number of rotatable bonds is 8. The average molecular weight is 368 g/mol. The van der Waals surface area contributed by atoms with Gasteiger partial charge in [0, 0.05) is 12.6 Å². The second-order valence-electron chi connectivity index (χ2n) is 5.15. The molecule has 0 saturated carbocycles. The van der Waals surface area contributed by atoms with Crippen LogP contribution in [0.25, 0.3) is 0 Å². The molecule has 5 nitrogen and oxygen atoms in total. The molecule has 134 valence electrons. The SMILES string of the molecule is COc1ccc(CCNC(=O)COc2ccc(F)c(Cl)c2)cc1OC. The van der Waals surface area contributed by atoms with Crippen molar-refractivity contribution in [2.24, 2.45) is 0 Å². The molecule has 2 rings (SSSR count). The molecule has 25 heavy (non-hydrogen) atoms. The first-order chi connectivity index (χ1) is 12.0. The fourth-order valence-electron chi connectivity index (χ4n) is 2.15. The average Bonchev–Trinajstić information content (AvgIpc) is 2.62. The van der Waals surface area contributed by atoms with Crippen LogP contribution in [0.1, 0.15) is 5.56 Å². The summed E-state index contributed by atoms with van der Waals surface area (Å²) < 4.78 is 28.7. The van der Waals surface area contributed by atoms with E-state index in [1.807, 2.05) is 18.2 Å². The highest BCUT2D eigenvalue weighted by molar-refractivity contribution is 6.30. The van der Waals surface area contributed by atoms with Gasteiger partial charge in [0.15, 0.2) is 18.1 Å². The van der Waals surface area contributed by atoms with Gasteiger partial charge in [0.2, 0.25) is 0 Å². The Balaban J connectivity index is 1.77. The summed E-state index contributed by atoms with van der Waals surface area (Å²) in [4.78, 5) is 11.8. The van der Waals surface area contributed by atoms with Gasteiger partial charge in [-0.15, -0.1) is 0 Å². The Bertz CT molecular complexity index is 739. The first kappa shape index (κ1) is 18.9. The normalized spacial score (nSPS) is 10.2. The molecule has 0 aliphatic heterocycles. The fourth-order valence-corrected chi connectivity index (χ4v) is 2.32. The standard InChI is InChI=1S/C18H19ClFNO4/c1-23-16-6-3-12(9-17(16)24-2)7-8-21-18(22)11-25-13-4-5-15(20)14(19)10-13/h3-6,9-10H,7-8,11H2,1-2H3,(H,21,22). The van der Waals surface area contributed by atoms with Gasteiger partial charge in [0.25, 0.3) is 5.91 Å². The van der Waals surface area contributed by atoms with Crippen molar-refractivity contribution in [2.75, 3.05) is 27.4 Å². The highest BCUT2D eigenvalue weighted by Gasteiger charge is 2.07. The molecule has 0 heterocycles. The quantitative estimate of drug-likeness (QED) is 0.778. The smallest absolute Gasteiger partial charge is 0.257 e. The number of benzene rings is 2. The van der Waals surface area contributed by atoms with Crippen LogP contribution in [0.15, 0.2) is 36.4 Å². The number of methoxy groups -OCH3 is 2. The van der Waals surface area contributed by atoms with Gasteiger partial charge in [-0.25, -0.2) is 4.39 Å². The van der Waals surface area contributed by atoms with E-state index in [-0.39, 0.29) is 17.5 Å². The lowest BCUT2D eigenvalue weighted by atomic mass is 10.1. The molecule has 0 spiro atoms. The van der Waals surface area contributed by atoms with E-state index in [1.54, 1.807) is 14.2 Å². The van der Waals surface area contributed by atoms with Gasteiger partial charge < -0.3 is 19.5 Å². The zero-order chi connectivity index (χ0) is 18.2. The predicted octanol–water partition coefficient (Wildman–Crippen LogP) is 3.23. The van der Waals surface area contributed by atoms with E-state index in [2.05, 4.69) is 5.32 Å². The number of halogens is 2. The monoisotopic (exact) mass is 367 g/mol. The van der Waals surface area contributed by atoms with E-state index in [0.29, 0.717) is 30.2 Å². The van der Waals surface area contributed by atoms with Crippen LogP contribution < -0.4 is 19.5 Å². The number of hydrogen-bond donors (Lipinski definition) is 1. The lowest BCUT2D eigenvalue weighted by Crippen LogP contribution is -2.30. The first-order valence-electron chi connectivity index (χ1n) is 7.59. The molecule has 1 amide bonds. The number of amides is 1. The third kappa shape index (κ3) is 5.53. The molecule has 0 atom stereocenters. The van der Waals surface area contributed by atoms with Crippen molar-refractivity contribution in [1.29, 1.82) is 0 Å². The molecule has 0 aliphatic rings. The number of carbonyl (C=O) groups excluding carboxylic acids is 1. The maximum atomic E-state index is 13.0. The molecule has 2 aromatic rings. The van der Waals surface area contributed by atoms with Gasteiger partial charge in [0.1, 0.15) is 11.6 Å². The summed E-state index contributed by atoms with van der Waals surface area (Å²) in [5, 5.41) is 2.70. The maximum Gasteiger partial charge on any atom is 0.257 e. The van der Waals surface area contributed by atoms with Gasteiger partial charge in [-0.1, -0.05) is 17.7 Å². The van der Waals surface area contributed by atoms with E-state index in [1.165, 1.54) is 18.2 Å². The maximum absolute atomic E-state index is 13.0. The van der Waals surface area contributed by atoms with Gasteiger partial charge >= 0.3 is 0 Å². The minimum absolute atomic E-state index is 0.0497. The van der Waals surface area contributed by atoms with E-state index < -0.39 is 5.82 Å². The highest BCUT2D eigenvalue weighted by Crippen LogP contribution is 2.27. The largest absolute Gasteiger partial charge is 0.493 e. The van der Waals surface area contributed by atoms with Crippen LogP contribution in [0.2, 0.25) is 5.02 Å². The summed E-state index contributed by atoms with van der Waals surface area (Å²) in [5.74, 6) is 0.820. The third-order valence-electron chi connectivity index (χ3n) is 3.44. The zero-order valence-corrected chi connectivity index (χ0v) is 14.7. The summed E-state index contributed by atoms with van der Waals surface area (Å²) in [5.41, 5.74) is 1.00. The van der Waals surface area contributed by atoms with Crippen molar-refractivity contribution in [3.63, 3.8) is 0 Å². The number of ether oxygens (including phenoxy) is 3. The molecular formula is C18H19ClFNO4. The summed E-state index contributed by atoms with van der Waals surface area (Å²) >= 11 is 5.65. The zero-order valence-electron chi connectivity index (χ0n) is 14.0. The van der Waals surface area contributed by atoms with Gasteiger partial charge in [-0.05, 0) is 36.2 Å². The molecule has 1 N–H and O–H groups in total. The molecule has 0 aliphatic carbocycles. The van der Waals surface area contributed by atoms with Gasteiger partial charge in [-0.3, -0.25) is 4.79 Å².